The van der Waals surface area contributed by atoms with Crippen molar-refractivity contribution in [2.45, 2.75) is 45.2 Å². The Kier molecular flexibility index (Phi) is 6.75. The molecule has 0 N–H and O–H groups in total. The van der Waals surface area contributed by atoms with Crippen molar-refractivity contribution in [1.82, 2.24) is 4.90 Å². The molecule has 0 radical (unpaired) electrons. The average Bonchev–Trinajstić information content (AvgIpc) is 2.55. The van der Waals surface area contributed by atoms with Crippen molar-refractivity contribution >= 4 is 0 Å². The van der Waals surface area contributed by atoms with Gasteiger partial charge >= 0.3 is 6.18 Å². The predicted octanol–water partition coefficient (Wildman–Crippen LogP) is 4.99. The number of rotatable bonds is 7. The van der Waals surface area contributed by atoms with Crippen molar-refractivity contribution in [1.29, 1.82) is 0 Å². The van der Waals surface area contributed by atoms with E-state index in [9.17, 15) is 13.2 Å². The molecule has 0 bridgehead atoms. The molecule has 1 heterocycles. The highest BCUT2D eigenvalue weighted by Gasteiger charge is 2.30. The summed E-state index contributed by atoms with van der Waals surface area (Å²) < 4.78 is 43.7. The topological polar surface area (TPSA) is 12.5 Å². The van der Waals surface area contributed by atoms with Gasteiger partial charge in [0.2, 0.25) is 0 Å². The van der Waals surface area contributed by atoms with Gasteiger partial charge in [-0.25, -0.2) is 0 Å². The van der Waals surface area contributed by atoms with E-state index >= 15 is 0 Å². The number of likely N-dealkylation sites (tertiary alicyclic amines) is 1. The maximum Gasteiger partial charge on any atom is 0.416 e. The standard InChI is InChI=1S/C18H26F3NO/c1-2-15(9-12-22-10-4-3-5-11-22)14-23-17-8-6-7-16(13-17)18(19,20)21/h6-8,13,15H,2-5,9-12,14H2,1H3. The Morgan fingerprint density at radius 2 is 1.91 bits per heavy atom. The molecule has 1 aromatic carbocycles. The van der Waals surface area contributed by atoms with Gasteiger partial charge in [0.25, 0.3) is 0 Å². The Morgan fingerprint density at radius 3 is 2.57 bits per heavy atom. The van der Waals surface area contributed by atoms with Crippen LogP contribution in [-0.2, 0) is 6.18 Å². The normalized spacial score (nSPS) is 17.9. The summed E-state index contributed by atoms with van der Waals surface area (Å²) in [6.07, 6.45) is 1.57. The molecule has 1 fully saturated rings. The zero-order chi connectivity index (χ0) is 16.7. The number of hydrogen-bond acceptors (Lipinski definition) is 2. The number of benzene rings is 1. The highest BCUT2D eigenvalue weighted by atomic mass is 19.4. The van der Waals surface area contributed by atoms with Gasteiger partial charge in [0, 0.05) is 0 Å². The number of ether oxygens (including phenoxy) is 1. The van der Waals surface area contributed by atoms with Crippen LogP contribution < -0.4 is 4.74 Å². The van der Waals surface area contributed by atoms with Gasteiger partial charge in [-0.1, -0.05) is 25.8 Å². The second kappa shape index (κ2) is 8.57. The van der Waals surface area contributed by atoms with Crippen molar-refractivity contribution in [2.75, 3.05) is 26.2 Å². The first kappa shape index (κ1) is 18.1. The van der Waals surface area contributed by atoms with Gasteiger partial charge in [0.15, 0.2) is 0 Å². The SMILES string of the molecule is CCC(CCN1CCCCC1)COc1cccc(C(F)(F)F)c1. The Labute approximate surface area is 136 Å². The molecule has 0 saturated carbocycles. The Morgan fingerprint density at radius 1 is 1.17 bits per heavy atom. The second-order valence-electron chi connectivity index (χ2n) is 6.30. The molecule has 2 rings (SSSR count). The van der Waals surface area contributed by atoms with Gasteiger partial charge in [0.05, 0.1) is 12.2 Å². The van der Waals surface area contributed by atoms with E-state index in [0.717, 1.165) is 31.5 Å². The monoisotopic (exact) mass is 329 g/mol. The minimum atomic E-state index is -4.32. The first-order valence-electron chi connectivity index (χ1n) is 8.51. The fourth-order valence-corrected chi connectivity index (χ4v) is 2.93. The fourth-order valence-electron chi connectivity index (χ4n) is 2.93. The lowest BCUT2D eigenvalue weighted by Crippen LogP contribution is -2.32. The molecule has 2 nitrogen and oxygen atoms in total. The third-order valence-electron chi connectivity index (χ3n) is 4.53. The van der Waals surface area contributed by atoms with Crippen molar-refractivity contribution in [3.8, 4) is 5.75 Å². The van der Waals surface area contributed by atoms with Crippen molar-refractivity contribution in [3.05, 3.63) is 29.8 Å². The molecule has 1 aliphatic heterocycles. The third-order valence-corrected chi connectivity index (χ3v) is 4.53. The molecule has 1 atom stereocenters. The van der Waals surface area contributed by atoms with Crippen LogP contribution in [0.4, 0.5) is 13.2 Å². The van der Waals surface area contributed by atoms with Crippen molar-refractivity contribution in [3.63, 3.8) is 0 Å². The van der Waals surface area contributed by atoms with Gasteiger partial charge in [-0.05, 0) is 63.0 Å². The van der Waals surface area contributed by atoms with Crippen LogP contribution in [0.15, 0.2) is 24.3 Å². The van der Waals surface area contributed by atoms with Crippen LogP contribution in [0.2, 0.25) is 0 Å². The number of alkyl halides is 3. The van der Waals surface area contributed by atoms with Crippen LogP contribution in [0.1, 0.15) is 44.6 Å². The van der Waals surface area contributed by atoms with Crippen LogP contribution in [-0.4, -0.2) is 31.1 Å². The van der Waals surface area contributed by atoms with Gasteiger partial charge in [-0.15, -0.1) is 0 Å². The molecule has 1 unspecified atom stereocenters. The first-order valence-corrected chi connectivity index (χ1v) is 8.51. The fraction of sp³-hybridized carbons (Fsp3) is 0.667. The summed E-state index contributed by atoms with van der Waals surface area (Å²) in [6.45, 7) is 5.99. The molecule has 1 aromatic rings. The van der Waals surface area contributed by atoms with Gasteiger partial charge in [0.1, 0.15) is 5.75 Å². The maximum atomic E-state index is 12.7. The van der Waals surface area contributed by atoms with Crippen LogP contribution >= 0.6 is 0 Å². The number of nitrogens with zero attached hydrogens (tertiary/aromatic N) is 1. The molecule has 5 heteroatoms. The summed E-state index contributed by atoms with van der Waals surface area (Å²) in [5, 5.41) is 0. The Hall–Kier alpha value is -1.23. The van der Waals surface area contributed by atoms with Gasteiger partial charge in [-0.2, -0.15) is 13.2 Å². The van der Waals surface area contributed by atoms with Crippen molar-refractivity contribution in [2.24, 2.45) is 5.92 Å². The zero-order valence-electron chi connectivity index (χ0n) is 13.7. The summed E-state index contributed by atoms with van der Waals surface area (Å²) in [5.41, 5.74) is -0.656. The average molecular weight is 329 g/mol. The lowest BCUT2D eigenvalue weighted by atomic mass is 10.0. The molecule has 0 amide bonds. The predicted molar refractivity (Wildman–Crippen MR) is 85.6 cm³/mol. The largest absolute Gasteiger partial charge is 0.493 e. The van der Waals surface area contributed by atoms with E-state index in [-0.39, 0.29) is 0 Å². The summed E-state index contributed by atoms with van der Waals surface area (Å²) in [6, 6.07) is 5.14. The molecule has 0 spiro atoms. The van der Waals surface area contributed by atoms with E-state index in [1.54, 1.807) is 6.07 Å². The molecule has 23 heavy (non-hydrogen) atoms. The van der Waals surface area contributed by atoms with E-state index in [0.29, 0.717) is 18.3 Å². The number of halogens is 3. The minimum Gasteiger partial charge on any atom is -0.493 e. The quantitative estimate of drug-likeness (QED) is 0.699. The van der Waals surface area contributed by atoms with Crippen LogP contribution in [0.3, 0.4) is 0 Å². The zero-order valence-corrected chi connectivity index (χ0v) is 13.7. The van der Waals surface area contributed by atoms with Gasteiger partial charge < -0.3 is 9.64 Å². The Bertz CT molecular complexity index is 470. The van der Waals surface area contributed by atoms with E-state index < -0.39 is 11.7 Å². The van der Waals surface area contributed by atoms with Crippen molar-refractivity contribution < 1.29 is 17.9 Å². The lowest BCUT2D eigenvalue weighted by molar-refractivity contribution is -0.137. The van der Waals surface area contributed by atoms with Crippen LogP contribution in [0.25, 0.3) is 0 Å². The lowest BCUT2D eigenvalue weighted by Gasteiger charge is -2.28. The maximum absolute atomic E-state index is 12.7. The van der Waals surface area contributed by atoms with E-state index in [2.05, 4.69) is 11.8 Å². The smallest absolute Gasteiger partial charge is 0.416 e. The molecular weight excluding hydrogens is 303 g/mol. The molecule has 0 aromatic heterocycles. The van der Waals surface area contributed by atoms with Crippen LogP contribution in [0, 0.1) is 5.92 Å². The first-order chi connectivity index (χ1) is 11.0. The third kappa shape index (κ3) is 6.05. The molecule has 130 valence electrons. The highest BCUT2D eigenvalue weighted by Crippen LogP contribution is 2.31. The summed E-state index contributed by atoms with van der Waals surface area (Å²) in [4.78, 5) is 2.48. The van der Waals surface area contributed by atoms with E-state index in [1.807, 2.05) is 0 Å². The minimum absolute atomic E-state index is 0.302. The Balaban J connectivity index is 1.80. The molecule has 1 aliphatic rings. The molecule has 1 saturated heterocycles. The summed E-state index contributed by atoms with van der Waals surface area (Å²) >= 11 is 0. The summed E-state index contributed by atoms with van der Waals surface area (Å²) in [7, 11) is 0. The van der Waals surface area contributed by atoms with E-state index in [4.69, 9.17) is 4.74 Å². The summed E-state index contributed by atoms with van der Waals surface area (Å²) in [5.74, 6) is 0.683. The van der Waals surface area contributed by atoms with Crippen LogP contribution in [0.5, 0.6) is 5.75 Å². The molecule has 0 aliphatic carbocycles. The molecular formula is C18H26F3NO. The second-order valence-corrected chi connectivity index (χ2v) is 6.30. The highest BCUT2D eigenvalue weighted by molar-refractivity contribution is 5.30. The number of hydrogen-bond donors (Lipinski definition) is 0. The number of piperidine rings is 1. The van der Waals surface area contributed by atoms with E-state index in [1.165, 1.54) is 38.4 Å². The van der Waals surface area contributed by atoms with Gasteiger partial charge in [-0.3, -0.25) is 0 Å².